The molecule has 3 aliphatic rings. The van der Waals surface area contributed by atoms with Gasteiger partial charge in [-0.05, 0) is 83.3 Å². The largest absolute Gasteiger partial charge is 0.461 e. The molecule has 174 valence electrons. The van der Waals surface area contributed by atoms with Crippen molar-refractivity contribution >= 4 is 11.8 Å². The lowest BCUT2D eigenvalue weighted by Gasteiger charge is -2.45. The average molecular weight is 441 g/mol. The molecule has 1 aliphatic carbocycles. The first kappa shape index (κ1) is 24.4. The third-order valence-electron chi connectivity index (χ3n) is 6.15. The highest BCUT2D eigenvalue weighted by Crippen LogP contribution is 2.42. The predicted octanol–water partition coefficient (Wildman–Crippen LogP) is 5.53. The first-order valence-electron chi connectivity index (χ1n) is 11.5. The fourth-order valence-electron chi connectivity index (χ4n) is 4.59. The fourth-order valence-corrected chi connectivity index (χ4v) is 4.59. The first-order chi connectivity index (χ1) is 15.1. The Morgan fingerprint density at radius 3 is 2.59 bits per heavy atom. The van der Waals surface area contributed by atoms with Crippen molar-refractivity contribution in [3.05, 3.63) is 58.2 Å². The number of ether oxygens (including phenoxy) is 3. The summed E-state index contributed by atoms with van der Waals surface area (Å²) in [7, 11) is 0. The highest BCUT2D eigenvalue weighted by molar-refractivity contribution is 5.96. The first-order valence-corrected chi connectivity index (χ1v) is 11.5. The van der Waals surface area contributed by atoms with Gasteiger partial charge in [-0.2, -0.15) is 0 Å². The number of allylic oxidation sites excluding steroid dienone is 4. The maximum Gasteiger partial charge on any atom is 0.302 e. The summed E-state index contributed by atoms with van der Waals surface area (Å²) in [6.45, 7) is 11.8. The zero-order valence-corrected chi connectivity index (χ0v) is 20.2. The molecule has 0 aromatic carbocycles. The second kappa shape index (κ2) is 10.1. The van der Waals surface area contributed by atoms with Crippen molar-refractivity contribution in [2.45, 2.75) is 85.2 Å². The third-order valence-corrected chi connectivity index (χ3v) is 6.15. The van der Waals surface area contributed by atoms with E-state index in [1.165, 1.54) is 23.6 Å². The molecule has 32 heavy (non-hydrogen) atoms. The summed E-state index contributed by atoms with van der Waals surface area (Å²) in [5.41, 5.74) is 5.38. The van der Waals surface area contributed by atoms with E-state index in [1.54, 1.807) is 0 Å². The quantitative estimate of drug-likeness (QED) is 0.401. The van der Waals surface area contributed by atoms with Gasteiger partial charge in [-0.25, -0.2) is 0 Å². The molecule has 0 saturated heterocycles. The monoisotopic (exact) mass is 440 g/mol. The van der Waals surface area contributed by atoms with Crippen molar-refractivity contribution in [3.8, 4) is 0 Å². The average Bonchev–Trinajstić information content (AvgIpc) is 2.66. The summed E-state index contributed by atoms with van der Waals surface area (Å²) >= 11 is 0. The lowest BCUT2D eigenvalue weighted by Crippen LogP contribution is -2.49. The minimum Gasteiger partial charge on any atom is -0.461 e. The molecule has 1 spiro atoms. The molecule has 2 heterocycles. The second-order valence-corrected chi connectivity index (χ2v) is 9.57. The van der Waals surface area contributed by atoms with Gasteiger partial charge in [0.15, 0.2) is 5.78 Å². The zero-order valence-electron chi connectivity index (χ0n) is 20.2. The Morgan fingerprint density at radius 1 is 1.16 bits per heavy atom. The van der Waals surface area contributed by atoms with Gasteiger partial charge in [-0.1, -0.05) is 28.9 Å². The van der Waals surface area contributed by atoms with Crippen LogP contribution in [0.25, 0.3) is 0 Å². The smallest absolute Gasteiger partial charge is 0.302 e. The standard InChI is InChI=1S/C27H36O5/c1-17(2)8-7-9-18(3)10-23-11-19(4)14-27(31-23)15-22(16-30-21(6)28)24-13-25(29)20(5)12-26(24)32-27/h8,10,12,14-15,23-24,26H,7,9,11,13,16H2,1-6H3. The molecule has 0 fully saturated rings. The summed E-state index contributed by atoms with van der Waals surface area (Å²) in [6, 6.07) is 0. The van der Waals surface area contributed by atoms with Crippen molar-refractivity contribution in [3.63, 3.8) is 0 Å². The molecule has 0 aromatic rings. The Bertz CT molecular complexity index is 912. The van der Waals surface area contributed by atoms with Crippen LogP contribution in [-0.4, -0.2) is 36.4 Å². The van der Waals surface area contributed by atoms with Crippen molar-refractivity contribution in [2.75, 3.05) is 6.61 Å². The molecule has 2 aliphatic heterocycles. The molecular weight excluding hydrogens is 404 g/mol. The van der Waals surface area contributed by atoms with Crippen LogP contribution in [0.15, 0.2) is 58.2 Å². The molecule has 5 heteroatoms. The SMILES string of the molecule is CC(=O)OCC1=CC2(C=C(C)CC(C=C(C)CCC=C(C)C)O2)OC2C=C(C)C(=O)CC12. The highest BCUT2D eigenvalue weighted by atomic mass is 16.7. The summed E-state index contributed by atoms with van der Waals surface area (Å²) in [6.07, 6.45) is 13.0. The van der Waals surface area contributed by atoms with E-state index in [9.17, 15) is 9.59 Å². The molecule has 0 amide bonds. The van der Waals surface area contributed by atoms with Crippen molar-refractivity contribution < 1.29 is 23.8 Å². The van der Waals surface area contributed by atoms with Gasteiger partial charge in [0.2, 0.25) is 5.79 Å². The number of hydrogen-bond donors (Lipinski definition) is 0. The zero-order chi connectivity index (χ0) is 23.5. The highest BCUT2D eigenvalue weighted by Gasteiger charge is 2.45. The second-order valence-electron chi connectivity index (χ2n) is 9.57. The van der Waals surface area contributed by atoms with Gasteiger partial charge >= 0.3 is 5.97 Å². The van der Waals surface area contributed by atoms with E-state index in [0.29, 0.717) is 12.0 Å². The Labute approximate surface area is 191 Å². The number of esters is 1. The molecule has 0 N–H and O–H groups in total. The fraction of sp³-hybridized carbons (Fsp3) is 0.556. The summed E-state index contributed by atoms with van der Waals surface area (Å²) in [5, 5.41) is 0. The molecule has 4 atom stereocenters. The number of fused-ring (bicyclic) bond motifs is 1. The van der Waals surface area contributed by atoms with E-state index in [1.807, 2.05) is 25.2 Å². The molecule has 3 rings (SSSR count). The van der Waals surface area contributed by atoms with Crippen LogP contribution in [-0.2, 0) is 23.8 Å². The van der Waals surface area contributed by atoms with Crippen LogP contribution < -0.4 is 0 Å². The van der Waals surface area contributed by atoms with Crippen LogP contribution in [0.2, 0.25) is 0 Å². The van der Waals surface area contributed by atoms with Crippen LogP contribution in [0, 0.1) is 5.92 Å². The molecular formula is C27H36O5. The third kappa shape index (κ3) is 6.17. The minimum atomic E-state index is -1.03. The molecule has 0 saturated carbocycles. The number of carbonyl (C=O) groups excluding carboxylic acids is 2. The van der Waals surface area contributed by atoms with E-state index in [4.69, 9.17) is 14.2 Å². The van der Waals surface area contributed by atoms with Gasteiger partial charge in [0.05, 0.1) is 12.2 Å². The summed E-state index contributed by atoms with van der Waals surface area (Å²) in [5.74, 6) is -1.42. The topological polar surface area (TPSA) is 61.8 Å². The number of rotatable bonds is 6. The Morgan fingerprint density at radius 2 is 1.91 bits per heavy atom. The van der Waals surface area contributed by atoms with E-state index in [-0.39, 0.29) is 36.5 Å². The minimum absolute atomic E-state index is 0.101. The molecule has 4 unspecified atom stereocenters. The van der Waals surface area contributed by atoms with Crippen LogP contribution in [0.3, 0.4) is 0 Å². The number of carbonyl (C=O) groups is 2. The van der Waals surface area contributed by atoms with Crippen molar-refractivity contribution in [1.82, 2.24) is 0 Å². The van der Waals surface area contributed by atoms with E-state index >= 15 is 0 Å². The van der Waals surface area contributed by atoms with Crippen molar-refractivity contribution in [2.24, 2.45) is 5.92 Å². The molecule has 5 nitrogen and oxygen atoms in total. The van der Waals surface area contributed by atoms with Crippen LogP contribution in [0.5, 0.6) is 0 Å². The van der Waals surface area contributed by atoms with Gasteiger partial charge in [0.25, 0.3) is 0 Å². The van der Waals surface area contributed by atoms with Crippen LogP contribution >= 0.6 is 0 Å². The Hall–Kier alpha value is -2.24. The van der Waals surface area contributed by atoms with Gasteiger partial charge in [-0.15, -0.1) is 0 Å². The number of Topliss-reactive ketones (excluding diaryl/α,β-unsaturated/α-hetero) is 1. The van der Waals surface area contributed by atoms with E-state index < -0.39 is 5.79 Å². The van der Waals surface area contributed by atoms with Crippen LogP contribution in [0.4, 0.5) is 0 Å². The van der Waals surface area contributed by atoms with Gasteiger partial charge in [0.1, 0.15) is 6.61 Å². The Kier molecular flexibility index (Phi) is 7.73. The molecule has 0 aromatic heterocycles. The van der Waals surface area contributed by atoms with E-state index in [0.717, 1.165) is 24.8 Å². The normalized spacial score (nSPS) is 30.2. The maximum absolute atomic E-state index is 12.3. The van der Waals surface area contributed by atoms with Crippen LogP contribution in [0.1, 0.15) is 67.2 Å². The number of ketones is 1. The lowest BCUT2D eigenvalue weighted by atomic mass is 9.79. The lowest BCUT2D eigenvalue weighted by molar-refractivity contribution is -0.225. The summed E-state index contributed by atoms with van der Waals surface area (Å²) < 4.78 is 18.3. The Balaban J connectivity index is 1.88. The number of hydrogen-bond acceptors (Lipinski definition) is 5. The predicted molar refractivity (Wildman–Crippen MR) is 125 cm³/mol. The van der Waals surface area contributed by atoms with Crippen molar-refractivity contribution in [1.29, 1.82) is 0 Å². The van der Waals surface area contributed by atoms with Gasteiger partial charge < -0.3 is 14.2 Å². The van der Waals surface area contributed by atoms with Gasteiger partial charge in [-0.3, -0.25) is 9.59 Å². The maximum atomic E-state index is 12.3. The molecule has 0 radical (unpaired) electrons. The summed E-state index contributed by atoms with van der Waals surface area (Å²) in [4.78, 5) is 23.8. The van der Waals surface area contributed by atoms with Gasteiger partial charge in [0, 0.05) is 19.3 Å². The van der Waals surface area contributed by atoms with E-state index in [2.05, 4.69) is 39.8 Å². The molecule has 0 bridgehead atoms.